The number of rotatable bonds is 14. The first kappa shape index (κ1) is 31.1. The van der Waals surface area contributed by atoms with Gasteiger partial charge in [0.2, 0.25) is 17.7 Å². The predicted octanol–water partition coefficient (Wildman–Crippen LogP) is 1.44. The monoisotopic (exact) mass is 559 g/mol. The van der Waals surface area contributed by atoms with Gasteiger partial charge in [0.05, 0.1) is 31.8 Å². The highest BCUT2D eigenvalue weighted by Gasteiger charge is 2.50. The van der Waals surface area contributed by atoms with Gasteiger partial charge in [0, 0.05) is 6.42 Å². The van der Waals surface area contributed by atoms with Crippen molar-refractivity contribution < 1.29 is 38.9 Å². The van der Waals surface area contributed by atoms with Crippen LogP contribution in [0.5, 0.6) is 11.5 Å². The van der Waals surface area contributed by atoms with E-state index in [2.05, 4.69) is 22.0 Å². The number of allylic oxidation sites excluding steroid dienone is 1. The number of carbonyl (C=O) groups excluding carboxylic acids is 4. The Morgan fingerprint density at radius 3 is 2.33 bits per heavy atom. The first-order valence-electron chi connectivity index (χ1n) is 13.6. The van der Waals surface area contributed by atoms with E-state index >= 15 is 0 Å². The molecule has 11 heteroatoms. The molecule has 40 heavy (non-hydrogen) atoms. The molecule has 1 aromatic carbocycles. The van der Waals surface area contributed by atoms with Crippen molar-refractivity contribution in [3.8, 4) is 11.5 Å². The lowest BCUT2D eigenvalue weighted by Gasteiger charge is -2.26. The van der Waals surface area contributed by atoms with E-state index in [1.54, 1.807) is 19.1 Å². The Balaban J connectivity index is 1.79. The van der Waals surface area contributed by atoms with Gasteiger partial charge < -0.3 is 35.6 Å². The van der Waals surface area contributed by atoms with E-state index in [1.165, 1.54) is 33.9 Å². The van der Waals surface area contributed by atoms with Crippen LogP contribution in [0.15, 0.2) is 29.8 Å². The van der Waals surface area contributed by atoms with Crippen LogP contribution in [0.25, 0.3) is 0 Å². The number of benzene rings is 1. The highest BCUT2D eigenvalue weighted by atomic mass is 16.6. The summed E-state index contributed by atoms with van der Waals surface area (Å²) in [6, 6.07) is 1.67. The Hall–Kier alpha value is -3.44. The highest BCUT2D eigenvalue weighted by Crippen LogP contribution is 2.31. The molecule has 1 aromatic rings. The van der Waals surface area contributed by atoms with E-state index in [1.807, 2.05) is 0 Å². The van der Waals surface area contributed by atoms with Crippen LogP contribution in [0, 0.1) is 0 Å². The fourth-order valence-electron chi connectivity index (χ4n) is 4.64. The Bertz CT molecular complexity index is 1150. The first-order valence-corrected chi connectivity index (χ1v) is 13.6. The third-order valence-corrected chi connectivity index (χ3v) is 7.01. The maximum atomic E-state index is 13.6. The molecule has 0 spiro atoms. The van der Waals surface area contributed by atoms with Crippen LogP contribution in [-0.4, -0.2) is 76.8 Å². The van der Waals surface area contributed by atoms with Crippen molar-refractivity contribution in [3.05, 3.63) is 35.4 Å². The van der Waals surface area contributed by atoms with E-state index in [0.717, 1.165) is 24.8 Å². The molecule has 1 heterocycles. The zero-order valence-corrected chi connectivity index (χ0v) is 23.8. The number of ether oxygens (including phenoxy) is 2. The van der Waals surface area contributed by atoms with Crippen molar-refractivity contribution >= 4 is 23.5 Å². The average Bonchev–Trinajstić information content (AvgIpc) is 3.40. The number of aliphatic hydroxyl groups is 1. The number of hydrogen-bond acceptors (Lipinski definition) is 8. The Morgan fingerprint density at radius 1 is 1.10 bits per heavy atom. The fourth-order valence-corrected chi connectivity index (χ4v) is 4.64. The van der Waals surface area contributed by atoms with E-state index in [9.17, 15) is 29.4 Å². The molecular weight excluding hydrogens is 518 g/mol. The quantitative estimate of drug-likeness (QED) is 0.169. The second-order valence-electron chi connectivity index (χ2n) is 11.5. The summed E-state index contributed by atoms with van der Waals surface area (Å²) in [4.78, 5) is 52.1. The molecule has 4 atom stereocenters. The van der Waals surface area contributed by atoms with Crippen molar-refractivity contribution in [1.29, 1.82) is 0 Å². The maximum Gasteiger partial charge on any atom is 0.243 e. The average molecular weight is 560 g/mol. The summed E-state index contributed by atoms with van der Waals surface area (Å²) in [5.41, 5.74) is -0.572. The molecular formula is C29H41N3O8. The minimum absolute atomic E-state index is 0.00313. The lowest BCUT2D eigenvalue weighted by atomic mass is 9.94. The van der Waals surface area contributed by atoms with Crippen molar-refractivity contribution in [2.75, 3.05) is 13.7 Å². The van der Waals surface area contributed by atoms with Gasteiger partial charge in [-0.2, -0.15) is 0 Å². The largest absolute Gasteiger partial charge is 0.504 e. The molecule has 5 N–H and O–H groups in total. The Kier molecular flexibility index (Phi) is 9.96. The molecule has 220 valence electrons. The number of carbonyl (C=O) groups is 4. The van der Waals surface area contributed by atoms with Gasteiger partial charge in [-0.3, -0.25) is 19.2 Å². The van der Waals surface area contributed by atoms with E-state index in [4.69, 9.17) is 9.47 Å². The van der Waals surface area contributed by atoms with Gasteiger partial charge in [0.1, 0.15) is 17.7 Å². The number of Topliss-reactive ketones (excluding diaryl/α,β-unsaturated/α-hetero) is 1. The lowest BCUT2D eigenvalue weighted by Crippen LogP contribution is -2.57. The molecule has 4 unspecified atom stereocenters. The van der Waals surface area contributed by atoms with Crippen molar-refractivity contribution in [1.82, 2.24) is 16.0 Å². The lowest BCUT2D eigenvalue weighted by molar-refractivity contribution is -0.134. The number of hydrogen-bond donors (Lipinski definition) is 5. The van der Waals surface area contributed by atoms with Crippen molar-refractivity contribution in [2.24, 2.45) is 0 Å². The van der Waals surface area contributed by atoms with Crippen LogP contribution >= 0.6 is 0 Å². The molecule has 3 amide bonds. The zero-order chi connectivity index (χ0) is 29.7. The highest BCUT2D eigenvalue weighted by molar-refractivity contribution is 5.98. The van der Waals surface area contributed by atoms with Gasteiger partial charge in [-0.05, 0) is 71.1 Å². The van der Waals surface area contributed by atoms with E-state index in [0.29, 0.717) is 12.0 Å². The molecule has 0 bridgehead atoms. The summed E-state index contributed by atoms with van der Waals surface area (Å²) in [6.45, 7) is 6.40. The van der Waals surface area contributed by atoms with Crippen molar-refractivity contribution in [2.45, 2.75) is 95.5 Å². The Morgan fingerprint density at radius 2 is 1.77 bits per heavy atom. The molecule has 11 nitrogen and oxygen atoms in total. The number of aromatic hydroxyl groups is 1. The number of ketones is 1. The standard InChI is InChI=1S/C29H41N3O8/c1-17(30-24(34)15-28(2,3)38)26(36)32-21(13-19-10-11-23(39-5)22(33)14-19)27(37)31-20(12-18-8-6-7-9-18)25(35)29(4)16-40-29/h8,10-11,14,17,20-21,33,38H,6-7,9,12-13,15-16H2,1-5H3,(H,30,34)(H,31,37)(H,32,36). The molecule has 1 aliphatic heterocycles. The topological polar surface area (TPSA) is 167 Å². The number of phenolic OH excluding ortho intramolecular Hbond substituents is 1. The third kappa shape index (κ3) is 8.79. The van der Waals surface area contributed by atoms with Gasteiger partial charge in [0.15, 0.2) is 17.3 Å². The van der Waals surface area contributed by atoms with Gasteiger partial charge in [-0.15, -0.1) is 0 Å². The SMILES string of the molecule is COc1ccc(CC(NC(=O)C(C)NC(=O)CC(C)(C)O)C(=O)NC(CC2=CCCC2)C(=O)C2(C)CO2)cc1O. The normalized spacial score (nSPS) is 20.5. The van der Waals surface area contributed by atoms with Crippen molar-refractivity contribution in [3.63, 3.8) is 0 Å². The van der Waals surface area contributed by atoms with Crippen LogP contribution < -0.4 is 20.7 Å². The maximum absolute atomic E-state index is 13.6. The summed E-state index contributed by atoms with van der Waals surface area (Å²) in [5, 5.41) is 28.2. The molecule has 1 aliphatic carbocycles. The van der Waals surface area contributed by atoms with Gasteiger partial charge in [-0.1, -0.05) is 17.7 Å². The summed E-state index contributed by atoms with van der Waals surface area (Å²) in [7, 11) is 1.42. The number of phenols is 1. The second-order valence-corrected chi connectivity index (χ2v) is 11.5. The van der Waals surface area contributed by atoms with E-state index in [-0.39, 0.29) is 36.7 Å². The molecule has 1 saturated heterocycles. The molecule has 2 aliphatic rings. The minimum Gasteiger partial charge on any atom is -0.504 e. The smallest absolute Gasteiger partial charge is 0.243 e. The predicted molar refractivity (Wildman–Crippen MR) is 147 cm³/mol. The van der Waals surface area contributed by atoms with Gasteiger partial charge >= 0.3 is 0 Å². The zero-order valence-electron chi connectivity index (χ0n) is 23.8. The molecule has 1 fully saturated rings. The number of methoxy groups -OCH3 is 1. The first-order chi connectivity index (χ1) is 18.7. The number of nitrogens with one attached hydrogen (secondary N) is 3. The fraction of sp³-hybridized carbons (Fsp3) is 0.586. The summed E-state index contributed by atoms with van der Waals surface area (Å²) in [6.07, 6.45) is 5.00. The summed E-state index contributed by atoms with van der Waals surface area (Å²) in [5.74, 6) is -1.83. The summed E-state index contributed by atoms with van der Waals surface area (Å²) < 4.78 is 10.4. The van der Waals surface area contributed by atoms with E-state index < -0.39 is 47.0 Å². The Labute approximate surface area is 234 Å². The van der Waals surface area contributed by atoms with Crippen LogP contribution in [0.4, 0.5) is 0 Å². The third-order valence-electron chi connectivity index (χ3n) is 7.01. The summed E-state index contributed by atoms with van der Waals surface area (Å²) >= 11 is 0. The molecule has 3 rings (SSSR count). The van der Waals surface area contributed by atoms with Crippen LogP contribution in [-0.2, 0) is 30.3 Å². The minimum atomic E-state index is -1.25. The van der Waals surface area contributed by atoms with Crippen LogP contribution in [0.2, 0.25) is 0 Å². The molecule has 0 saturated carbocycles. The molecule has 0 aromatic heterocycles. The second kappa shape index (κ2) is 12.8. The van der Waals surface area contributed by atoms with Gasteiger partial charge in [-0.25, -0.2) is 0 Å². The number of epoxide rings is 1. The molecule has 0 radical (unpaired) electrons. The number of amides is 3. The van der Waals surface area contributed by atoms with Gasteiger partial charge in [0.25, 0.3) is 0 Å². The van der Waals surface area contributed by atoms with Crippen LogP contribution in [0.3, 0.4) is 0 Å². The van der Waals surface area contributed by atoms with Crippen LogP contribution in [0.1, 0.15) is 65.4 Å².